The molecule has 0 fully saturated rings. The topological polar surface area (TPSA) is 50.5 Å². The highest BCUT2D eigenvalue weighted by Gasteiger charge is 2.29. The highest BCUT2D eigenvalue weighted by molar-refractivity contribution is 9.10. The van der Waals surface area contributed by atoms with Crippen molar-refractivity contribution in [2.24, 2.45) is 10.2 Å². The molecule has 0 aliphatic rings. The van der Waals surface area contributed by atoms with Gasteiger partial charge in [0.05, 0.1) is 17.4 Å². The minimum atomic E-state index is -4.40. The van der Waals surface area contributed by atoms with Crippen molar-refractivity contribution < 1.29 is 13.2 Å². The summed E-state index contributed by atoms with van der Waals surface area (Å²) in [7, 11) is 0. The van der Waals surface area contributed by atoms with Gasteiger partial charge in [-0.25, -0.2) is 9.97 Å². The maximum Gasteiger partial charge on any atom is 0.416 e. The Labute approximate surface area is 184 Å². The van der Waals surface area contributed by atoms with Gasteiger partial charge in [0.25, 0.3) is 0 Å². The van der Waals surface area contributed by atoms with Gasteiger partial charge in [-0.05, 0) is 36.4 Å². The van der Waals surface area contributed by atoms with Crippen LogP contribution in [0.3, 0.4) is 0 Å². The van der Waals surface area contributed by atoms with Crippen LogP contribution in [0.1, 0.15) is 5.56 Å². The fraction of sp³-hybridized carbons (Fsp3) is 0.0435. The van der Waals surface area contributed by atoms with Crippen LogP contribution >= 0.6 is 15.9 Å². The lowest BCUT2D eigenvalue weighted by Gasteiger charge is -2.08. The van der Waals surface area contributed by atoms with Crippen molar-refractivity contribution in [2.75, 3.05) is 0 Å². The van der Waals surface area contributed by atoms with E-state index in [-0.39, 0.29) is 0 Å². The number of hydrogen-bond donors (Lipinski definition) is 0. The average Bonchev–Trinajstić information content (AvgIpc) is 2.78. The normalized spacial score (nSPS) is 11.7. The first-order valence-electron chi connectivity index (χ1n) is 9.17. The van der Waals surface area contributed by atoms with E-state index in [9.17, 15) is 13.2 Å². The summed E-state index contributed by atoms with van der Waals surface area (Å²) >= 11 is 3.41. The molecule has 0 bridgehead atoms. The van der Waals surface area contributed by atoms with Crippen LogP contribution in [-0.2, 0) is 6.18 Å². The van der Waals surface area contributed by atoms with E-state index in [1.165, 1.54) is 12.1 Å². The van der Waals surface area contributed by atoms with Crippen LogP contribution < -0.4 is 0 Å². The molecule has 1 aromatic heterocycles. The summed E-state index contributed by atoms with van der Waals surface area (Å²) in [5.74, 6) is 0.534. The standard InChI is InChI=1S/C23H14BrF3N4/c24-18-10-6-15(7-11-18)21-20(14-28-22(29-21)16-4-2-1-3-5-16)31-30-19-12-8-17(9-13-19)23(25,26)27/h1-14H. The van der Waals surface area contributed by atoms with Crippen LogP contribution in [0.15, 0.2) is 99.8 Å². The maximum atomic E-state index is 12.7. The van der Waals surface area contributed by atoms with Gasteiger partial charge in [0.1, 0.15) is 11.4 Å². The Bertz CT molecular complexity index is 1210. The smallest absolute Gasteiger partial charge is 0.234 e. The lowest BCUT2D eigenvalue weighted by atomic mass is 10.1. The highest BCUT2D eigenvalue weighted by Crippen LogP contribution is 2.33. The van der Waals surface area contributed by atoms with Gasteiger partial charge in [-0.15, -0.1) is 5.11 Å². The SMILES string of the molecule is FC(F)(F)c1ccc(N=Nc2cnc(-c3ccccc3)nc2-c2ccc(Br)cc2)cc1. The van der Waals surface area contributed by atoms with E-state index in [0.717, 1.165) is 27.7 Å². The van der Waals surface area contributed by atoms with Crippen molar-refractivity contribution in [2.45, 2.75) is 6.18 Å². The second kappa shape index (κ2) is 8.77. The summed E-state index contributed by atoms with van der Waals surface area (Å²) in [5, 5.41) is 8.28. The van der Waals surface area contributed by atoms with E-state index < -0.39 is 11.7 Å². The molecule has 1 heterocycles. The third-order valence-corrected chi connectivity index (χ3v) is 4.92. The zero-order valence-corrected chi connectivity index (χ0v) is 17.5. The van der Waals surface area contributed by atoms with E-state index in [1.54, 1.807) is 6.20 Å². The second-order valence-corrected chi connectivity index (χ2v) is 7.46. The molecule has 0 atom stereocenters. The fourth-order valence-electron chi connectivity index (χ4n) is 2.82. The van der Waals surface area contributed by atoms with Gasteiger partial charge in [-0.3, -0.25) is 0 Å². The van der Waals surface area contributed by atoms with Gasteiger partial charge in [-0.1, -0.05) is 58.4 Å². The second-order valence-electron chi connectivity index (χ2n) is 6.55. The third-order valence-electron chi connectivity index (χ3n) is 4.39. The molecule has 31 heavy (non-hydrogen) atoms. The molecule has 4 rings (SSSR count). The van der Waals surface area contributed by atoms with Crippen molar-refractivity contribution in [3.8, 4) is 22.6 Å². The Morgan fingerprint density at radius 2 is 1.42 bits per heavy atom. The van der Waals surface area contributed by atoms with Crippen molar-refractivity contribution in [1.82, 2.24) is 9.97 Å². The van der Waals surface area contributed by atoms with E-state index in [4.69, 9.17) is 0 Å². The minimum absolute atomic E-state index is 0.293. The number of nitrogens with zero attached hydrogens (tertiary/aromatic N) is 4. The van der Waals surface area contributed by atoms with Gasteiger partial charge < -0.3 is 0 Å². The number of halogens is 4. The molecule has 4 aromatic rings. The maximum absolute atomic E-state index is 12.7. The first-order valence-corrected chi connectivity index (χ1v) is 9.97. The van der Waals surface area contributed by atoms with Crippen molar-refractivity contribution >= 4 is 27.3 Å². The summed E-state index contributed by atoms with van der Waals surface area (Å²) in [6.07, 6.45) is -2.84. The molecule has 0 unspecified atom stereocenters. The molecule has 0 N–H and O–H groups in total. The van der Waals surface area contributed by atoms with Gasteiger partial charge >= 0.3 is 6.18 Å². The molecule has 4 nitrogen and oxygen atoms in total. The Hall–Kier alpha value is -3.39. The first kappa shape index (κ1) is 20.9. The van der Waals surface area contributed by atoms with Crippen LogP contribution in [0, 0.1) is 0 Å². The van der Waals surface area contributed by atoms with Crippen molar-refractivity contribution in [1.29, 1.82) is 0 Å². The van der Waals surface area contributed by atoms with E-state index in [0.29, 0.717) is 22.9 Å². The number of aromatic nitrogens is 2. The van der Waals surface area contributed by atoms with E-state index in [2.05, 4.69) is 36.1 Å². The molecule has 0 saturated carbocycles. The van der Waals surface area contributed by atoms with Crippen LogP contribution in [0.25, 0.3) is 22.6 Å². The van der Waals surface area contributed by atoms with Crippen LogP contribution in [0.4, 0.5) is 24.5 Å². The summed E-state index contributed by atoms with van der Waals surface area (Å²) in [6.45, 7) is 0. The van der Waals surface area contributed by atoms with Crippen LogP contribution in [0.5, 0.6) is 0 Å². The van der Waals surface area contributed by atoms with Gasteiger partial charge in [0.2, 0.25) is 0 Å². The molecule has 0 spiro atoms. The Morgan fingerprint density at radius 1 is 0.742 bits per heavy atom. The number of benzene rings is 3. The number of hydrogen-bond acceptors (Lipinski definition) is 4. The zero-order chi connectivity index (χ0) is 21.8. The third kappa shape index (κ3) is 5.03. The summed E-state index contributed by atoms with van der Waals surface area (Å²) in [6, 6.07) is 21.5. The van der Waals surface area contributed by atoms with Crippen molar-refractivity contribution in [3.05, 3.63) is 95.1 Å². The molecule has 0 saturated heterocycles. The largest absolute Gasteiger partial charge is 0.416 e. The Balaban J connectivity index is 1.72. The van der Waals surface area contributed by atoms with Gasteiger partial charge in [0, 0.05) is 15.6 Å². The zero-order valence-electron chi connectivity index (χ0n) is 15.9. The molecule has 8 heteroatoms. The van der Waals surface area contributed by atoms with E-state index in [1.807, 2.05) is 54.6 Å². The fourth-order valence-corrected chi connectivity index (χ4v) is 3.09. The molecular weight excluding hydrogens is 469 g/mol. The molecule has 154 valence electrons. The average molecular weight is 483 g/mol. The van der Waals surface area contributed by atoms with Crippen molar-refractivity contribution in [3.63, 3.8) is 0 Å². The quantitative estimate of drug-likeness (QED) is 0.276. The summed E-state index contributed by atoms with van der Waals surface area (Å²) < 4.78 is 39.1. The van der Waals surface area contributed by atoms with Crippen LogP contribution in [-0.4, -0.2) is 9.97 Å². The molecule has 0 amide bonds. The lowest BCUT2D eigenvalue weighted by Crippen LogP contribution is -2.03. The van der Waals surface area contributed by atoms with Gasteiger partial charge in [0.15, 0.2) is 5.82 Å². The minimum Gasteiger partial charge on any atom is -0.234 e. The molecule has 0 aliphatic carbocycles. The number of azo groups is 1. The molecule has 3 aromatic carbocycles. The molecular formula is C23H14BrF3N4. The van der Waals surface area contributed by atoms with E-state index >= 15 is 0 Å². The Kier molecular flexibility index (Phi) is 5.90. The number of alkyl halides is 3. The van der Waals surface area contributed by atoms with Gasteiger partial charge in [-0.2, -0.15) is 18.3 Å². The Morgan fingerprint density at radius 3 is 2.06 bits per heavy atom. The summed E-state index contributed by atoms with van der Waals surface area (Å²) in [4.78, 5) is 9.06. The number of rotatable bonds is 4. The lowest BCUT2D eigenvalue weighted by molar-refractivity contribution is -0.137. The first-order chi connectivity index (χ1) is 14.9. The van der Waals surface area contributed by atoms with Crippen LogP contribution in [0.2, 0.25) is 0 Å². The highest BCUT2D eigenvalue weighted by atomic mass is 79.9. The summed E-state index contributed by atoms with van der Waals surface area (Å²) in [5.41, 5.74) is 2.19. The predicted octanol–water partition coefficient (Wildman–Crippen LogP) is 8.01. The molecule has 0 radical (unpaired) electrons. The molecule has 0 aliphatic heterocycles. The predicted molar refractivity (Wildman–Crippen MR) is 116 cm³/mol. The monoisotopic (exact) mass is 482 g/mol.